The van der Waals surface area contributed by atoms with Crippen LogP contribution in [-0.2, 0) is 14.3 Å². The van der Waals surface area contributed by atoms with Crippen molar-refractivity contribution in [1.82, 2.24) is 0 Å². The molecule has 2 saturated heterocycles. The summed E-state index contributed by atoms with van der Waals surface area (Å²) >= 11 is 0. The lowest BCUT2D eigenvalue weighted by atomic mass is 9.78. The molecule has 0 aromatic carbocycles. The Hall–Kier alpha value is -1.21. The molecule has 2 fully saturated rings. The van der Waals surface area contributed by atoms with Crippen LogP contribution in [0.2, 0.25) is 0 Å². The van der Waals surface area contributed by atoms with Gasteiger partial charge in [-0.2, -0.15) is 0 Å². The van der Waals surface area contributed by atoms with Crippen LogP contribution in [0.3, 0.4) is 0 Å². The molecule has 0 aromatic rings. The van der Waals surface area contributed by atoms with Crippen molar-refractivity contribution in [2.45, 2.75) is 84.6 Å². The van der Waals surface area contributed by atoms with Gasteiger partial charge in [0.15, 0.2) is 5.79 Å². The zero-order valence-electron chi connectivity index (χ0n) is 18.0. The normalized spacial score (nSPS) is 36.1. The summed E-state index contributed by atoms with van der Waals surface area (Å²) in [7, 11) is 0. The third-order valence-electron chi connectivity index (χ3n) is 6.60. The fourth-order valence-electron chi connectivity index (χ4n) is 4.42. The average Bonchev–Trinajstić information content (AvgIpc) is 2.99. The van der Waals surface area contributed by atoms with Gasteiger partial charge in [0.25, 0.3) is 0 Å². The highest BCUT2D eigenvalue weighted by Crippen LogP contribution is 2.45. The lowest BCUT2D eigenvalue weighted by molar-refractivity contribution is -0.309. The van der Waals surface area contributed by atoms with Gasteiger partial charge in [-0.1, -0.05) is 45.9 Å². The van der Waals surface area contributed by atoms with Gasteiger partial charge in [-0.3, -0.25) is 4.79 Å². The van der Waals surface area contributed by atoms with Gasteiger partial charge in [-0.25, -0.2) is 0 Å². The summed E-state index contributed by atoms with van der Waals surface area (Å²) in [5.41, 5.74) is 5.66. The van der Waals surface area contributed by atoms with E-state index in [1.54, 1.807) is 19.1 Å². The smallest absolute Gasteiger partial charge is 0.244 e. The summed E-state index contributed by atoms with van der Waals surface area (Å²) in [6.07, 6.45) is 5.65. The summed E-state index contributed by atoms with van der Waals surface area (Å²) in [4.78, 5) is 11.0. The highest BCUT2D eigenvalue weighted by molar-refractivity contribution is 5.91. The monoisotopic (exact) mass is 395 g/mol. The molecule has 28 heavy (non-hydrogen) atoms. The number of amides is 1. The first-order valence-corrected chi connectivity index (χ1v) is 10.3. The van der Waals surface area contributed by atoms with Crippen LogP contribution < -0.4 is 5.73 Å². The average molecular weight is 396 g/mol. The van der Waals surface area contributed by atoms with Crippen molar-refractivity contribution in [3.63, 3.8) is 0 Å². The molecule has 0 radical (unpaired) electrons. The minimum atomic E-state index is -0.724. The Morgan fingerprint density at radius 3 is 2.46 bits per heavy atom. The number of aliphatic hydroxyl groups excluding tert-OH is 2. The van der Waals surface area contributed by atoms with E-state index in [2.05, 4.69) is 6.92 Å². The number of ether oxygens (including phenoxy) is 2. The molecule has 4 N–H and O–H groups in total. The Morgan fingerprint density at radius 1 is 1.21 bits per heavy atom. The number of hydrogen-bond donors (Lipinski definition) is 3. The number of rotatable bonds is 8. The van der Waals surface area contributed by atoms with E-state index in [1.807, 2.05) is 33.8 Å². The van der Waals surface area contributed by atoms with Crippen molar-refractivity contribution in [1.29, 1.82) is 0 Å². The van der Waals surface area contributed by atoms with E-state index in [1.165, 1.54) is 0 Å². The molecule has 0 saturated carbocycles. The van der Waals surface area contributed by atoms with E-state index in [0.717, 1.165) is 12.8 Å². The number of hydrogen-bond acceptors (Lipinski definition) is 5. The minimum Gasteiger partial charge on any atom is -0.392 e. The largest absolute Gasteiger partial charge is 0.392 e. The molecular formula is C22H37NO5. The summed E-state index contributed by atoms with van der Waals surface area (Å²) in [6.45, 7) is 11.5. The molecule has 2 aliphatic rings. The van der Waals surface area contributed by atoms with Gasteiger partial charge >= 0.3 is 0 Å². The lowest BCUT2D eigenvalue weighted by Gasteiger charge is -2.45. The maximum absolute atomic E-state index is 11.0. The zero-order valence-corrected chi connectivity index (χ0v) is 18.0. The van der Waals surface area contributed by atoms with Crippen LogP contribution in [0, 0.1) is 23.7 Å². The van der Waals surface area contributed by atoms with E-state index in [9.17, 15) is 15.0 Å². The summed E-state index contributed by atoms with van der Waals surface area (Å²) in [5.74, 6) is -1.47. The second-order valence-corrected chi connectivity index (χ2v) is 8.93. The van der Waals surface area contributed by atoms with Gasteiger partial charge in [-0.15, -0.1) is 0 Å². The van der Waals surface area contributed by atoms with Crippen LogP contribution in [0.1, 0.15) is 54.4 Å². The van der Waals surface area contributed by atoms with E-state index in [4.69, 9.17) is 15.2 Å². The Morgan fingerprint density at radius 2 is 1.86 bits per heavy atom. The number of aliphatic hydroxyl groups is 2. The van der Waals surface area contributed by atoms with E-state index in [0.29, 0.717) is 5.57 Å². The van der Waals surface area contributed by atoms with Crippen molar-refractivity contribution in [2.24, 2.45) is 29.4 Å². The first-order valence-electron chi connectivity index (χ1n) is 10.3. The zero-order chi connectivity index (χ0) is 21.2. The van der Waals surface area contributed by atoms with Gasteiger partial charge in [0.1, 0.15) is 0 Å². The molecular weight excluding hydrogens is 358 g/mol. The number of primary amides is 1. The first-order chi connectivity index (χ1) is 13.0. The van der Waals surface area contributed by atoms with Crippen molar-refractivity contribution in [2.75, 3.05) is 0 Å². The summed E-state index contributed by atoms with van der Waals surface area (Å²) in [6, 6.07) is 0. The summed E-state index contributed by atoms with van der Waals surface area (Å²) in [5, 5.41) is 21.7. The maximum atomic E-state index is 11.0. The Balaban J connectivity index is 2.00. The molecule has 6 heteroatoms. The number of nitrogens with two attached hydrogens (primary N) is 1. The molecule has 2 heterocycles. The maximum Gasteiger partial charge on any atom is 0.244 e. The van der Waals surface area contributed by atoms with Crippen molar-refractivity contribution < 1.29 is 24.5 Å². The molecule has 1 amide bonds. The SMILES string of the molecule is C/C(=C/C=C/[C@H](C)[C@H](O)[C@@H](C)[C@@H](O)[C@@H](C)[C@@H]1O[C@@]2(C)CC[C@H](O2)[C@H]1C)C(N)=O. The van der Waals surface area contributed by atoms with Crippen LogP contribution in [0.4, 0.5) is 0 Å². The Kier molecular flexibility index (Phi) is 7.48. The highest BCUT2D eigenvalue weighted by Gasteiger charge is 2.51. The van der Waals surface area contributed by atoms with Gasteiger partial charge in [0, 0.05) is 35.7 Å². The quantitative estimate of drug-likeness (QED) is 0.433. The number of carbonyl (C=O) groups is 1. The number of allylic oxidation sites excluding steroid dienone is 2. The van der Waals surface area contributed by atoms with Gasteiger partial charge < -0.3 is 25.4 Å². The van der Waals surface area contributed by atoms with E-state index < -0.39 is 23.9 Å². The van der Waals surface area contributed by atoms with Crippen LogP contribution in [0.5, 0.6) is 0 Å². The second kappa shape index (κ2) is 9.08. The van der Waals surface area contributed by atoms with Crippen molar-refractivity contribution >= 4 is 5.91 Å². The molecule has 0 unspecified atom stereocenters. The highest BCUT2D eigenvalue weighted by atomic mass is 16.7. The lowest BCUT2D eigenvalue weighted by Crippen LogP contribution is -2.52. The van der Waals surface area contributed by atoms with Gasteiger partial charge in [0.2, 0.25) is 5.91 Å². The molecule has 2 bridgehead atoms. The fourth-order valence-corrected chi connectivity index (χ4v) is 4.42. The summed E-state index contributed by atoms with van der Waals surface area (Å²) < 4.78 is 12.2. The van der Waals surface area contributed by atoms with E-state index >= 15 is 0 Å². The van der Waals surface area contributed by atoms with Crippen molar-refractivity contribution in [3.8, 4) is 0 Å². The number of fused-ring (bicyclic) bond motifs is 2. The van der Waals surface area contributed by atoms with Crippen molar-refractivity contribution in [3.05, 3.63) is 23.8 Å². The molecule has 0 aliphatic carbocycles. The van der Waals surface area contributed by atoms with E-state index in [-0.39, 0.29) is 35.9 Å². The molecule has 9 atom stereocenters. The Bertz CT molecular complexity index is 618. The van der Waals surface area contributed by atoms with Gasteiger partial charge in [0.05, 0.1) is 24.4 Å². The first kappa shape index (κ1) is 23.1. The fraction of sp³-hybridized carbons (Fsp3) is 0.773. The minimum absolute atomic E-state index is 0.108. The third kappa shape index (κ3) is 5.03. The molecule has 2 rings (SSSR count). The van der Waals surface area contributed by atoms with Crippen LogP contribution in [-0.4, -0.2) is 46.3 Å². The molecule has 0 aromatic heterocycles. The van der Waals surface area contributed by atoms with Gasteiger partial charge in [-0.05, 0) is 20.3 Å². The number of carbonyl (C=O) groups excluding carboxylic acids is 1. The predicted octanol–water partition coefficient (Wildman–Crippen LogP) is 2.53. The van der Waals surface area contributed by atoms with Crippen LogP contribution in [0.25, 0.3) is 0 Å². The molecule has 6 nitrogen and oxygen atoms in total. The standard InChI is InChI=1S/C22H37NO5/c1-12(8-7-9-13(2)21(23)26)18(24)15(4)19(25)16(5)20-14(3)17-10-11-22(6,27-17)28-20/h7-9,12,14-20,24-25H,10-11H2,1-6H3,(H2,23,26)/b8-7+,13-9-/t12-,14+,15+,16+,17-,18-,19+,20+,22-/m0/s1. The van der Waals surface area contributed by atoms with Crippen LogP contribution in [0.15, 0.2) is 23.8 Å². The second-order valence-electron chi connectivity index (χ2n) is 8.93. The van der Waals surface area contributed by atoms with Crippen LogP contribution >= 0.6 is 0 Å². The third-order valence-corrected chi connectivity index (χ3v) is 6.60. The topological polar surface area (TPSA) is 102 Å². The molecule has 0 spiro atoms. The predicted molar refractivity (Wildman–Crippen MR) is 108 cm³/mol. The molecule has 160 valence electrons. The Labute approximate surface area is 168 Å². The molecule has 2 aliphatic heterocycles.